The Balaban J connectivity index is 1.94. The highest BCUT2D eigenvalue weighted by Crippen LogP contribution is 2.25. The molecule has 2 heteroatoms. The molecule has 0 saturated carbocycles. The summed E-state index contributed by atoms with van der Waals surface area (Å²) >= 11 is 0. The third-order valence-electron chi connectivity index (χ3n) is 3.04. The Morgan fingerprint density at radius 1 is 1.29 bits per heavy atom. The molecule has 1 heterocycles. The van der Waals surface area contributed by atoms with Crippen molar-refractivity contribution >= 4 is 0 Å². The van der Waals surface area contributed by atoms with Gasteiger partial charge in [-0.1, -0.05) is 30.3 Å². The molecule has 0 N–H and O–H groups in total. The van der Waals surface area contributed by atoms with E-state index < -0.39 is 0 Å². The Hall–Kier alpha value is -0.860. The van der Waals surface area contributed by atoms with Crippen LogP contribution in [0.2, 0.25) is 0 Å². The van der Waals surface area contributed by atoms with Crippen molar-refractivity contribution in [1.29, 1.82) is 0 Å². The topological polar surface area (TPSA) is 12.5 Å². The smallest absolute Gasteiger partial charge is 0.0825 e. The van der Waals surface area contributed by atoms with E-state index in [2.05, 4.69) is 42.2 Å². The van der Waals surface area contributed by atoms with E-state index in [9.17, 15) is 0 Å². The summed E-state index contributed by atoms with van der Waals surface area (Å²) in [5.74, 6) is 0. The number of hydrogen-bond acceptors (Lipinski definition) is 2. The van der Waals surface area contributed by atoms with Gasteiger partial charge in [-0.25, -0.2) is 0 Å². The van der Waals surface area contributed by atoms with E-state index in [1.807, 2.05) is 0 Å². The van der Waals surface area contributed by atoms with Gasteiger partial charge < -0.3 is 4.74 Å². The minimum atomic E-state index is 0.446. The van der Waals surface area contributed by atoms with Crippen LogP contribution in [0.5, 0.6) is 0 Å². The van der Waals surface area contributed by atoms with Gasteiger partial charge in [0.1, 0.15) is 0 Å². The van der Waals surface area contributed by atoms with Crippen LogP contribution in [0.3, 0.4) is 0 Å². The Morgan fingerprint density at radius 2 is 1.93 bits per heavy atom. The average molecular weight is 191 g/mol. The second-order valence-electron chi connectivity index (χ2n) is 3.90. The molecule has 0 aromatic heterocycles. The zero-order valence-corrected chi connectivity index (χ0v) is 8.81. The van der Waals surface area contributed by atoms with Crippen LogP contribution in [-0.2, 0) is 4.74 Å². The molecule has 1 aliphatic heterocycles. The lowest BCUT2D eigenvalue weighted by atomic mass is 10.0. The summed E-state index contributed by atoms with van der Waals surface area (Å²) in [6.45, 7) is 4.38. The molecule has 1 aromatic carbocycles. The third-order valence-corrected chi connectivity index (χ3v) is 3.04. The van der Waals surface area contributed by atoms with Crippen molar-refractivity contribution in [3.8, 4) is 0 Å². The first-order valence-corrected chi connectivity index (χ1v) is 5.13. The van der Waals surface area contributed by atoms with Gasteiger partial charge in [0, 0.05) is 26.2 Å². The van der Waals surface area contributed by atoms with Gasteiger partial charge in [0.25, 0.3) is 0 Å². The number of ether oxygens (including phenoxy) is 1. The number of methoxy groups -OCH3 is 1. The van der Waals surface area contributed by atoms with Crippen LogP contribution < -0.4 is 0 Å². The highest BCUT2D eigenvalue weighted by Gasteiger charge is 2.30. The molecule has 1 fully saturated rings. The van der Waals surface area contributed by atoms with Gasteiger partial charge in [0.05, 0.1) is 6.10 Å². The van der Waals surface area contributed by atoms with Crippen LogP contribution >= 0.6 is 0 Å². The second-order valence-corrected chi connectivity index (χ2v) is 3.90. The Labute approximate surface area is 85.5 Å². The number of rotatable bonds is 3. The van der Waals surface area contributed by atoms with Crippen molar-refractivity contribution in [3.63, 3.8) is 0 Å². The number of likely N-dealkylation sites (tertiary alicyclic amines) is 1. The van der Waals surface area contributed by atoms with E-state index in [0.717, 1.165) is 13.1 Å². The lowest BCUT2D eigenvalue weighted by molar-refractivity contribution is -0.0479. The van der Waals surface area contributed by atoms with Gasteiger partial charge in [-0.3, -0.25) is 4.90 Å². The standard InChI is InChI=1S/C12H17NO/c1-10(11-6-4-3-5-7-11)13-8-12(9-13)14-2/h3-7,10,12H,8-9H2,1-2H3. The quantitative estimate of drug-likeness (QED) is 0.725. The molecule has 0 bridgehead atoms. The van der Waals surface area contributed by atoms with Crippen molar-refractivity contribution in [3.05, 3.63) is 35.9 Å². The number of hydrogen-bond donors (Lipinski definition) is 0. The molecular formula is C12H17NO. The maximum atomic E-state index is 5.26. The van der Waals surface area contributed by atoms with Crippen LogP contribution in [0.15, 0.2) is 30.3 Å². The molecule has 0 radical (unpaired) electrons. The Morgan fingerprint density at radius 3 is 2.50 bits per heavy atom. The molecule has 1 saturated heterocycles. The van der Waals surface area contributed by atoms with Gasteiger partial charge >= 0.3 is 0 Å². The van der Waals surface area contributed by atoms with Crippen molar-refractivity contribution in [1.82, 2.24) is 4.90 Å². The maximum Gasteiger partial charge on any atom is 0.0825 e. The highest BCUT2D eigenvalue weighted by atomic mass is 16.5. The molecule has 1 aromatic rings. The van der Waals surface area contributed by atoms with Crippen LogP contribution in [0.1, 0.15) is 18.5 Å². The summed E-state index contributed by atoms with van der Waals surface area (Å²) in [5.41, 5.74) is 1.39. The average Bonchev–Trinajstić information content (AvgIpc) is 2.17. The minimum Gasteiger partial charge on any atom is -0.379 e. The van der Waals surface area contributed by atoms with E-state index in [1.54, 1.807) is 7.11 Å². The summed E-state index contributed by atoms with van der Waals surface area (Å²) in [6, 6.07) is 11.1. The van der Waals surface area contributed by atoms with Crippen LogP contribution in [0, 0.1) is 0 Å². The normalized spacial score (nSPS) is 20.4. The molecular weight excluding hydrogens is 174 g/mol. The van der Waals surface area contributed by atoms with E-state index in [1.165, 1.54) is 5.56 Å². The summed E-state index contributed by atoms with van der Waals surface area (Å²) in [7, 11) is 1.79. The lowest BCUT2D eigenvalue weighted by Gasteiger charge is -2.42. The van der Waals surface area contributed by atoms with Crippen molar-refractivity contribution < 1.29 is 4.74 Å². The first kappa shape index (κ1) is 9.69. The fraction of sp³-hybridized carbons (Fsp3) is 0.500. The summed E-state index contributed by atoms with van der Waals surface area (Å²) < 4.78 is 5.26. The highest BCUT2D eigenvalue weighted by molar-refractivity contribution is 5.19. The first-order valence-electron chi connectivity index (χ1n) is 5.13. The van der Waals surface area contributed by atoms with Gasteiger partial charge in [-0.15, -0.1) is 0 Å². The Bertz CT molecular complexity index is 280. The molecule has 76 valence electrons. The monoisotopic (exact) mass is 191 g/mol. The predicted octanol–water partition coefficient (Wildman–Crippen LogP) is 2.08. The van der Waals surface area contributed by atoms with E-state index in [-0.39, 0.29) is 0 Å². The predicted molar refractivity (Wildman–Crippen MR) is 57.2 cm³/mol. The first-order chi connectivity index (χ1) is 6.81. The largest absolute Gasteiger partial charge is 0.379 e. The molecule has 2 rings (SSSR count). The van der Waals surface area contributed by atoms with Crippen molar-refractivity contribution in [2.75, 3.05) is 20.2 Å². The van der Waals surface area contributed by atoms with Gasteiger partial charge in [0.15, 0.2) is 0 Å². The van der Waals surface area contributed by atoms with Crippen molar-refractivity contribution in [2.45, 2.75) is 19.1 Å². The molecule has 14 heavy (non-hydrogen) atoms. The summed E-state index contributed by atoms with van der Waals surface area (Å²) in [6.07, 6.45) is 0.446. The molecule has 0 aliphatic carbocycles. The number of nitrogens with zero attached hydrogens (tertiary/aromatic N) is 1. The maximum absolute atomic E-state index is 5.26. The fourth-order valence-electron chi connectivity index (χ4n) is 1.88. The molecule has 1 aliphatic rings. The minimum absolute atomic E-state index is 0.446. The Kier molecular flexibility index (Phi) is 2.85. The van der Waals surface area contributed by atoms with E-state index in [0.29, 0.717) is 12.1 Å². The van der Waals surface area contributed by atoms with Gasteiger partial charge in [0.2, 0.25) is 0 Å². The summed E-state index contributed by atoms with van der Waals surface area (Å²) in [4.78, 5) is 2.43. The fourth-order valence-corrected chi connectivity index (χ4v) is 1.88. The molecule has 1 atom stereocenters. The number of benzene rings is 1. The SMILES string of the molecule is COC1CN(C(C)c2ccccc2)C1. The molecule has 1 unspecified atom stereocenters. The lowest BCUT2D eigenvalue weighted by Crippen LogP contribution is -2.52. The molecule has 2 nitrogen and oxygen atoms in total. The molecule has 0 amide bonds. The second kappa shape index (κ2) is 4.11. The van der Waals surface area contributed by atoms with E-state index >= 15 is 0 Å². The van der Waals surface area contributed by atoms with Gasteiger partial charge in [-0.2, -0.15) is 0 Å². The zero-order chi connectivity index (χ0) is 9.97. The zero-order valence-electron chi connectivity index (χ0n) is 8.81. The molecule has 0 spiro atoms. The van der Waals surface area contributed by atoms with Crippen molar-refractivity contribution in [2.24, 2.45) is 0 Å². The van der Waals surface area contributed by atoms with Gasteiger partial charge in [-0.05, 0) is 12.5 Å². The van der Waals surface area contributed by atoms with Crippen LogP contribution in [-0.4, -0.2) is 31.2 Å². The van der Waals surface area contributed by atoms with Crippen LogP contribution in [0.4, 0.5) is 0 Å². The van der Waals surface area contributed by atoms with E-state index in [4.69, 9.17) is 4.74 Å². The third kappa shape index (κ3) is 1.81. The van der Waals surface area contributed by atoms with Crippen LogP contribution in [0.25, 0.3) is 0 Å². The summed E-state index contributed by atoms with van der Waals surface area (Å²) in [5, 5.41) is 0.